The van der Waals surface area contributed by atoms with Crippen molar-refractivity contribution in [1.29, 1.82) is 0 Å². The fourth-order valence-corrected chi connectivity index (χ4v) is 7.39. The number of hydrogen-bond acceptors (Lipinski definition) is 1. The molecule has 0 atom stereocenters. The van der Waals surface area contributed by atoms with Crippen LogP contribution in [0.25, 0.3) is 92.9 Å². The van der Waals surface area contributed by atoms with Crippen LogP contribution in [0.5, 0.6) is 0 Å². The Balaban J connectivity index is 1.18. The van der Waals surface area contributed by atoms with Gasteiger partial charge in [-0.3, -0.25) is 0 Å². The maximum absolute atomic E-state index is 6.54. The molecule has 0 saturated carbocycles. The van der Waals surface area contributed by atoms with Crippen molar-refractivity contribution in [3.05, 3.63) is 152 Å². The van der Waals surface area contributed by atoms with Crippen LogP contribution in [0.3, 0.4) is 0 Å². The predicted octanol–water partition coefficient (Wildman–Crippen LogP) is 11.8. The Kier molecular flexibility index (Phi) is 4.75. The molecule has 0 aliphatic carbocycles. The van der Waals surface area contributed by atoms with E-state index in [1.54, 1.807) is 0 Å². The molecule has 0 saturated heterocycles. The monoisotopic (exact) mass is 559 g/mol. The molecular weight excluding hydrogens is 534 g/mol. The smallest absolute Gasteiger partial charge is 0.160 e. The topological polar surface area (TPSA) is 18.1 Å². The Morgan fingerprint density at radius 3 is 1.61 bits per heavy atom. The van der Waals surface area contributed by atoms with Gasteiger partial charge >= 0.3 is 0 Å². The summed E-state index contributed by atoms with van der Waals surface area (Å²) < 4.78 is 8.90. The summed E-state index contributed by atoms with van der Waals surface area (Å²) in [5.74, 6) is 0. The van der Waals surface area contributed by atoms with E-state index in [1.807, 2.05) is 6.07 Å². The second-order valence-electron chi connectivity index (χ2n) is 11.7. The van der Waals surface area contributed by atoms with Gasteiger partial charge in [0.2, 0.25) is 0 Å². The van der Waals surface area contributed by atoms with E-state index >= 15 is 0 Å². The average Bonchev–Trinajstić information content (AvgIpc) is 3.64. The summed E-state index contributed by atoms with van der Waals surface area (Å²) in [6.45, 7) is 0. The van der Waals surface area contributed by atoms with Crippen molar-refractivity contribution in [3.8, 4) is 16.8 Å². The van der Waals surface area contributed by atoms with E-state index in [9.17, 15) is 0 Å². The van der Waals surface area contributed by atoms with Crippen molar-refractivity contribution in [2.45, 2.75) is 0 Å². The highest BCUT2D eigenvalue weighted by atomic mass is 16.3. The van der Waals surface area contributed by atoms with E-state index in [0.29, 0.717) is 0 Å². The zero-order valence-corrected chi connectivity index (χ0v) is 23.8. The Hall–Kier alpha value is -5.86. The lowest BCUT2D eigenvalue weighted by Crippen LogP contribution is -1.94. The van der Waals surface area contributed by atoms with E-state index in [4.69, 9.17) is 4.42 Å². The first-order chi connectivity index (χ1) is 21.8. The molecule has 8 aromatic carbocycles. The van der Waals surface area contributed by atoms with Gasteiger partial charge in [0.1, 0.15) is 5.58 Å². The standard InChI is InChI=1S/C42H25NO/c1-2-11-31-29(9-1)30-10-3-4-12-32(30)38-25-27(19-22-33(31)38)26-17-20-28(21-18-26)43-39-15-7-5-13-34(39)36-23-24-37-35-14-6-8-16-40(35)44-42(37)41(36)43/h1-25H. The maximum Gasteiger partial charge on any atom is 0.160 e. The van der Waals surface area contributed by atoms with Gasteiger partial charge in [-0.1, -0.05) is 115 Å². The second-order valence-corrected chi connectivity index (χ2v) is 11.7. The van der Waals surface area contributed by atoms with Crippen LogP contribution < -0.4 is 0 Å². The van der Waals surface area contributed by atoms with Gasteiger partial charge < -0.3 is 8.98 Å². The van der Waals surface area contributed by atoms with Gasteiger partial charge in [-0.15, -0.1) is 0 Å². The van der Waals surface area contributed by atoms with E-state index in [2.05, 4.69) is 150 Å². The summed E-state index contributed by atoms with van der Waals surface area (Å²) in [6, 6.07) is 54.8. The molecular formula is C42H25NO. The van der Waals surface area contributed by atoms with Gasteiger partial charge in [0.15, 0.2) is 5.58 Å². The maximum atomic E-state index is 6.54. The lowest BCUT2D eigenvalue weighted by Gasteiger charge is -2.13. The largest absolute Gasteiger partial charge is 0.454 e. The molecule has 0 fully saturated rings. The number of nitrogens with zero attached hydrogens (tertiary/aromatic N) is 1. The third-order valence-corrected chi connectivity index (χ3v) is 9.38. The van der Waals surface area contributed by atoms with Gasteiger partial charge in [0, 0.05) is 27.2 Å². The van der Waals surface area contributed by atoms with Crippen molar-refractivity contribution >= 4 is 76.1 Å². The van der Waals surface area contributed by atoms with Gasteiger partial charge in [0.05, 0.1) is 11.0 Å². The molecule has 2 heteroatoms. The molecule has 0 aliphatic rings. The minimum Gasteiger partial charge on any atom is -0.454 e. The number of hydrogen-bond donors (Lipinski definition) is 0. The van der Waals surface area contributed by atoms with Crippen LogP contribution in [-0.4, -0.2) is 4.57 Å². The summed E-state index contributed by atoms with van der Waals surface area (Å²) in [6.07, 6.45) is 0. The number of benzene rings is 8. The highest BCUT2D eigenvalue weighted by Gasteiger charge is 2.19. The van der Waals surface area contributed by atoms with E-state index in [-0.39, 0.29) is 0 Å². The molecule has 2 aromatic heterocycles. The summed E-state index contributed by atoms with van der Waals surface area (Å²) in [5.41, 5.74) is 7.65. The lowest BCUT2D eigenvalue weighted by atomic mass is 9.92. The van der Waals surface area contributed by atoms with Gasteiger partial charge in [-0.2, -0.15) is 0 Å². The van der Waals surface area contributed by atoms with E-state index in [0.717, 1.165) is 33.1 Å². The summed E-state index contributed by atoms with van der Waals surface area (Å²) in [4.78, 5) is 0. The molecule has 0 spiro atoms. The minimum atomic E-state index is 0.916. The molecule has 44 heavy (non-hydrogen) atoms. The number of fused-ring (bicyclic) bond motifs is 13. The Labute approximate surface area is 253 Å². The second kappa shape index (κ2) is 8.82. The molecule has 0 aliphatic heterocycles. The van der Waals surface area contributed by atoms with Crippen LogP contribution in [0.1, 0.15) is 0 Å². The Bertz CT molecular complexity index is 2720. The molecule has 204 valence electrons. The first-order valence-electron chi connectivity index (χ1n) is 15.1. The van der Waals surface area contributed by atoms with Crippen LogP contribution in [0.2, 0.25) is 0 Å². The normalized spacial score (nSPS) is 12.1. The van der Waals surface area contributed by atoms with E-state index in [1.165, 1.54) is 59.7 Å². The molecule has 2 heterocycles. The highest BCUT2D eigenvalue weighted by Crippen LogP contribution is 2.41. The molecule has 0 amide bonds. The first-order valence-corrected chi connectivity index (χ1v) is 15.1. The van der Waals surface area contributed by atoms with Crippen LogP contribution >= 0.6 is 0 Å². The molecule has 0 unspecified atom stereocenters. The summed E-state index contributed by atoms with van der Waals surface area (Å²) in [7, 11) is 0. The number of furan rings is 1. The SMILES string of the molecule is c1ccc2c(c1)oc1c2ccc2c3ccccc3n(-c3ccc(-c4ccc5c6ccccc6c6ccccc6c5c4)cc3)c21. The fourth-order valence-electron chi connectivity index (χ4n) is 7.39. The highest BCUT2D eigenvalue weighted by molar-refractivity contribution is 6.26. The quantitative estimate of drug-likeness (QED) is 0.193. The van der Waals surface area contributed by atoms with Crippen LogP contribution in [0, 0.1) is 0 Å². The Morgan fingerprint density at radius 1 is 0.364 bits per heavy atom. The lowest BCUT2D eigenvalue weighted by molar-refractivity contribution is 0.671. The van der Waals surface area contributed by atoms with Crippen molar-refractivity contribution in [2.75, 3.05) is 0 Å². The first kappa shape index (κ1) is 23.7. The summed E-state index contributed by atoms with van der Waals surface area (Å²) >= 11 is 0. The Morgan fingerprint density at radius 2 is 0.886 bits per heavy atom. The van der Waals surface area contributed by atoms with Crippen LogP contribution in [0.4, 0.5) is 0 Å². The number of aromatic nitrogens is 1. The van der Waals surface area contributed by atoms with E-state index < -0.39 is 0 Å². The predicted molar refractivity (Wildman–Crippen MR) is 186 cm³/mol. The van der Waals surface area contributed by atoms with Gasteiger partial charge in [-0.25, -0.2) is 0 Å². The molecule has 0 radical (unpaired) electrons. The van der Waals surface area contributed by atoms with Gasteiger partial charge in [0.25, 0.3) is 0 Å². The third kappa shape index (κ3) is 3.20. The zero-order valence-electron chi connectivity index (χ0n) is 23.8. The molecule has 0 bridgehead atoms. The minimum absolute atomic E-state index is 0.916. The summed E-state index contributed by atoms with van der Waals surface area (Å²) in [5, 5.41) is 12.5. The number of rotatable bonds is 2. The van der Waals surface area contributed by atoms with Crippen molar-refractivity contribution in [3.63, 3.8) is 0 Å². The van der Waals surface area contributed by atoms with Crippen molar-refractivity contribution in [1.82, 2.24) is 4.57 Å². The molecule has 2 nitrogen and oxygen atoms in total. The number of para-hydroxylation sites is 2. The molecule has 10 rings (SSSR count). The average molecular weight is 560 g/mol. The third-order valence-electron chi connectivity index (χ3n) is 9.38. The van der Waals surface area contributed by atoms with Crippen molar-refractivity contribution in [2.24, 2.45) is 0 Å². The van der Waals surface area contributed by atoms with Gasteiger partial charge in [-0.05, 0) is 79.8 Å². The fraction of sp³-hybridized carbons (Fsp3) is 0. The van der Waals surface area contributed by atoms with Crippen molar-refractivity contribution < 1.29 is 4.42 Å². The zero-order chi connectivity index (χ0) is 28.8. The van der Waals surface area contributed by atoms with Crippen LogP contribution in [-0.2, 0) is 0 Å². The molecule has 10 aromatic rings. The molecule has 0 N–H and O–H groups in total. The van der Waals surface area contributed by atoms with Crippen LogP contribution in [0.15, 0.2) is 156 Å².